The summed E-state index contributed by atoms with van der Waals surface area (Å²) in [5.74, 6) is 0.976. The summed E-state index contributed by atoms with van der Waals surface area (Å²) in [6.45, 7) is 4.58. The van der Waals surface area contributed by atoms with Crippen molar-refractivity contribution in [1.82, 2.24) is 0 Å². The highest BCUT2D eigenvalue weighted by Gasteiger charge is 2.59. The van der Waals surface area contributed by atoms with Crippen LogP contribution in [0.25, 0.3) is 0 Å². The van der Waals surface area contributed by atoms with Gasteiger partial charge in [-0.25, -0.2) is 0 Å². The van der Waals surface area contributed by atoms with E-state index in [1.54, 1.807) is 11.8 Å². The lowest BCUT2D eigenvalue weighted by atomic mass is 9.60. The summed E-state index contributed by atoms with van der Waals surface area (Å²) in [6.07, 6.45) is 6.30. The van der Waals surface area contributed by atoms with Crippen molar-refractivity contribution in [3.05, 3.63) is 11.0 Å². The number of hydrogen-bond donors (Lipinski definition) is 0. The first-order chi connectivity index (χ1) is 7.54. The second-order valence-electron chi connectivity index (χ2n) is 5.80. The Morgan fingerprint density at radius 2 is 2.25 bits per heavy atom. The lowest BCUT2D eigenvalue weighted by molar-refractivity contribution is -0.130. The molecular formula is C13H18O2S. The number of fused-ring (bicyclic) bond motifs is 5. The fraction of sp³-hybridized carbons (Fsp3) is 0.769. The van der Waals surface area contributed by atoms with Crippen molar-refractivity contribution in [2.75, 3.05) is 6.26 Å². The molecule has 0 aromatic rings. The maximum Gasteiger partial charge on any atom is 0.139 e. The number of rotatable bonds is 1. The van der Waals surface area contributed by atoms with Crippen LogP contribution in [0.15, 0.2) is 11.0 Å². The van der Waals surface area contributed by atoms with Gasteiger partial charge < -0.3 is 4.74 Å². The highest BCUT2D eigenvalue weighted by atomic mass is 32.2. The Balaban J connectivity index is 2.01. The molecule has 1 saturated carbocycles. The van der Waals surface area contributed by atoms with Gasteiger partial charge in [0, 0.05) is 17.2 Å². The number of Topliss-reactive ketones (excluding diaryl/α,β-unsaturated/α-hetero) is 1. The average Bonchev–Trinajstić information content (AvgIpc) is 2.81. The fourth-order valence-electron chi connectivity index (χ4n) is 3.62. The molecule has 88 valence electrons. The molecule has 2 bridgehead atoms. The van der Waals surface area contributed by atoms with Crippen LogP contribution in [0.3, 0.4) is 0 Å². The van der Waals surface area contributed by atoms with E-state index in [9.17, 15) is 4.79 Å². The van der Waals surface area contributed by atoms with Crippen molar-refractivity contribution in [2.24, 2.45) is 17.3 Å². The molecule has 0 spiro atoms. The van der Waals surface area contributed by atoms with Crippen molar-refractivity contribution in [1.29, 1.82) is 0 Å². The van der Waals surface area contributed by atoms with Gasteiger partial charge in [0.1, 0.15) is 5.78 Å². The van der Waals surface area contributed by atoms with Gasteiger partial charge in [0.15, 0.2) is 0 Å². The Morgan fingerprint density at radius 3 is 2.94 bits per heavy atom. The topological polar surface area (TPSA) is 26.3 Å². The third kappa shape index (κ3) is 1.28. The molecule has 2 aliphatic heterocycles. The van der Waals surface area contributed by atoms with Gasteiger partial charge in [-0.1, -0.05) is 13.8 Å². The van der Waals surface area contributed by atoms with Crippen LogP contribution < -0.4 is 0 Å². The molecule has 0 unspecified atom stereocenters. The molecule has 2 nitrogen and oxygen atoms in total. The third-order valence-corrected chi connectivity index (χ3v) is 5.35. The maximum absolute atomic E-state index is 12.0. The van der Waals surface area contributed by atoms with Crippen molar-refractivity contribution < 1.29 is 9.53 Å². The molecule has 0 amide bonds. The van der Waals surface area contributed by atoms with E-state index in [0.717, 1.165) is 12.8 Å². The summed E-state index contributed by atoms with van der Waals surface area (Å²) in [4.78, 5) is 13.4. The average molecular weight is 238 g/mol. The number of carbonyl (C=O) groups is 1. The third-order valence-electron chi connectivity index (χ3n) is 4.51. The first-order valence-corrected chi connectivity index (χ1v) is 7.21. The second kappa shape index (κ2) is 3.36. The van der Waals surface area contributed by atoms with E-state index in [1.807, 2.05) is 0 Å². The van der Waals surface area contributed by atoms with Crippen LogP contribution in [0.5, 0.6) is 0 Å². The quantitative estimate of drug-likeness (QED) is 0.702. The Bertz CT molecular complexity index is 372. The van der Waals surface area contributed by atoms with Gasteiger partial charge in [-0.15, -0.1) is 11.8 Å². The highest BCUT2D eigenvalue weighted by molar-refractivity contribution is 8.02. The SMILES string of the molecule is CSC1=C[C@H]2O[C@@H]1[C@H]1[C@@H]2C(=O)CCC1(C)C. The van der Waals surface area contributed by atoms with Crippen LogP contribution >= 0.6 is 11.8 Å². The number of thioether (sulfide) groups is 1. The van der Waals surface area contributed by atoms with E-state index in [4.69, 9.17) is 4.74 Å². The second-order valence-corrected chi connectivity index (χ2v) is 6.68. The van der Waals surface area contributed by atoms with Gasteiger partial charge in [0.2, 0.25) is 0 Å². The molecule has 0 N–H and O–H groups in total. The van der Waals surface area contributed by atoms with Gasteiger partial charge >= 0.3 is 0 Å². The molecule has 3 rings (SSSR count). The predicted molar refractivity (Wildman–Crippen MR) is 65.3 cm³/mol. The van der Waals surface area contributed by atoms with Gasteiger partial charge in [-0.3, -0.25) is 4.79 Å². The van der Waals surface area contributed by atoms with Crippen molar-refractivity contribution in [3.63, 3.8) is 0 Å². The number of hydrogen-bond acceptors (Lipinski definition) is 3. The standard InChI is InChI=1S/C13H18O2S/c1-13(2)5-4-7(14)10-8-6-9(16-3)12(15-8)11(10)13/h6,8,10-12H,4-5H2,1-3H3/t8-,10-,11-,12+/m1/s1. The van der Waals surface area contributed by atoms with Crippen molar-refractivity contribution in [3.8, 4) is 0 Å². The van der Waals surface area contributed by atoms with Crippen LogP contribution in [0.2, 0.25) is 0 Å². The minimum Gasteiger partial charge on any atom is -0.365 e. The largest absolute Gasteiger partial charge is 0.365 e. The highest BCUT2D eigenvalue weighted by Crippen LogP contribution is 2.56. The summed E-state index contributed by atoms with van der Waals surface area (Å²) in [5.41, 5.74) is 0.243. The van der Waals surface area contributed by atoms with Crippen LogP contribution in [-0.2, 0) is 9.53 Å². The zero-order valence-electron chi connectivity index (χ0n) is 10.0. The molecule has 0 radical (unpaired) electrons. The van der Waals surface area contributed by atoms with E-state index in [0.29, 0.717) is 11.7 Å². The van der Waals surface area contributed by atoms with Crippen LogP contribution in [-0.4, -0.2) is 24.2 Å². The first kappa shape index (κ1) is 10.8. The lowest BCUT2D eigenvalue weighted by Gasteiger charge is -2.43. The van der Waals surface area contributed by atoms with Crippen LogP contribution in [0, 0.1) is 17.3 Å². The van der Waals surface area contributed by atoms with Gasteiger partial charge in [0.05, 0.1) is 18.1 Å². The Morgan fingerprint density at radius 1 is 1.50 bits per heavy atom. The Hall–Kier alpha value is -0.280. The molecule has 2 fully saturated rings. The molecule has 3 aliphatic rings. The Kier molecular flexibility index (Phi) is 2.28. The zero-order valence-corrected chi connectivity index (χ0v) is 10.8. The normalized spacial score (nSPS) is 44.4. The van der Waals surface area contributed by atoms with Crippen LogP contribution in [0.4, 0.5) is 0 Å². The van der Waals surface area contributed by atoms with Gasteiger partial charge in [0.25, 0.3) is 0 Å². The number of carbonyl (C=O) groups excluding carboxylic acids is 1. The van der Waals surface area contributed by atoms with Gasteiger partial charge in [-0.2, -0.15) is 0 Å². The smallest absolute Gasteiger partial charge is 0.139 e. The first-order valence-electron chi connectivity index (χ1n) is 5.98. The van der Waals surface area contributed by atoms with Crippen molar-refractivity contribution in [2.45, 2.75) is 38.9 Å². The summed E-state index contributed by atoms with van der Waals surface area (Å²) in [6, 6.07) is 0. The zero-order chi connectivity index (χ0) is 11.5. The molecule has 0 aromatic carbocycles. The number of ketones is 1. The molecule has 0 aromatic heterocycles. The minimum absolute atomic E-state index is 0.0736. The summed E-state index contributed by atoms with van der Waals surface area (Å²) in [7, 11) is 0. The molecule has 1 saturated heterocycles. The molecule has 16 heavy (non-hydrogen) atoms. The molecular weight excluding hydrogens is 220 g/mol. The van der Waals surface area contributed by atoms with E-state index >= 15 is 0 Å². The van der Waals surface area contributed by atoms with E-state index in [1.165, 1.54) is 4.91 Å². The maximum atomic E-state index is 12.0. The van der Waals surface area contributed by atoms with E-state index in [2.05, 4.69) is 26.2 Å². The van der Waals surface area contributed by atoms with Crippen molar-refractivity contribution >= 4 is 17.5 Å². The Labute approximate surface area is 101 Å². The molecule has 3 heteroatoms. The predicted octanol–water partition coefficient (Wildman–Crippen LogP) is 2.64. The summed E-state index contributed by atoms with van der Waals surface area (Å²) < 4.78 is 5.99. The van der Waals surface area contributed by atoms with E-state index < -0.39 is 0 Å². The lowest BCUT2D eigenvalue weighted by Crippen LogP contribution is -2.45. The monoisotopic (exact) mass is 238 g/mol. The summed E-state index contributed by atoms with van der Waals surface area (Å²) >= 11 is 1.78. The molecule has 1 aliphatic carbocycles. The fourth-order valence-corrected chi connectivity index (χ4v) is 4.32. The van der Waals surface area contributed by atoms with E-state index in [-0.39, 0.29) is 23.5 Å². The molecule has 4 atom stereocenters. The minimum atomic E-state index is 0.0736. The summed E-state index contributed by atoms with van der Waals surface area (Å²) in [5, 5.41) is 0. The van der Waals surface area contributed by atoms with Gasteiger partial charge in [-0.05, 0) is 24.2 Å². The van der Waals surface area contributed by atoms with Crippen LogP contribution in [0.1, 0.15) is 26.7 Å². The number of ether oxygens (including phenoxy) is 1. The molecule has 2 heterocycles.